The summed E-state index contributed by atoms with van der Waals surface area (Å²) < 4.78 is 12.1. The Morgan fingerprint density at radius 3 is 2.60 bits per heavy atom. The first-order chi connectivity index (χ1) is 16.9. The molecule has 1 saturated carbocycles. The number of anilines is 1. The van der Waals surface area contributed by atoms with Crippen LogP contribution in [-0.2, 0) is 16.1 Å². The Kier molecular flexibility index (Phi) is 8.03. The summed E-state index contributed by atoms with van der Waals surface area (Å²) in [5, 5.41) is 2.96. The topological polar surface area (TPSA) is 84.0 Å². The van der Waals surface area contributed by atoms with Crippen molar-refractivity contribution in [2.45, 2.75) is 45.4 Å². The number of carbonyl (C=O) groups excluding carboxylic acids is 2. The molecule has 1 N–H and O–H groups in total. The normalized spacial score (nSPS) is 24.1. The Bertz CT molecular complexity index is 1030. The third kappa shape index (κ3) is 6.38. The zero-order valence-electron chi connectivity index (χ0n) is 21.1. The number of carbonyl (C=O) groups is 2. The number of nitrogens with zero attached hydrogens (tertiary/aromatic N) is 3. The second-order valence-corrected chi connectivity index (χ2v) is 9.86. The van der Waals surface area contributed by atoms with Gasteiger partial charge in [-0.2, -0.15) is 0 Å². The van der Waals surface area contributed by atoms with Gasteiger partial charge in [0.1, 0.15) is 12.4 Å². The van der Waals surface area contributed by atoms with Gasteiger partial charge in [0.15, 0.2) is 0 Å². The smallest absolute Gasteiger partial charge is 0.257 e. The molecule has 2 heterocycles. The molecule has 8 heteroatoms. The van der Waals surface area contributed by atoms with E-state index < -0.39 is 0 Å². The number of nitrogens with one attached hydrogen (secondary N) is 1. The highest BCUT2D eigenvalue weighted by molar-refractivity contribution is 5.99. The van der Waals surface area contributed by atoms with E-state index in [9.17, 15) is 9.59 Å². The molecule has 2 amide bonds. The number of aromatic nitrogens is 1. The monoisotopic (exact) mass is 480 g/mol. The van der Waals surface area contributed by atoms with Gasteiger partial charge in [0.2, 0.25) is 5.91 Å². The van der Waals surface area contributed by atoms with Crippen LogP contribution in [0.25, 0.3) is 0 Å². The van der Waals surface area contributed by atoms with Gasteiger partial charge in [0.25, 0.3) is 5.91 Å². The van der Waals surface area contributed by atoms with Gasteiger partial charge in [-0.25, -0.2) is 0 Å². The molecule has 0 saturated heterocycles. The van der Waals surface area contributed by atoms with E-state index in [2.05, 4.69) is 29.0 Å². The number of benzene rings is 1. The molecule has 188 valence electrons. The Hall–Kier alpha value is -2.97. The largest absolute Gasteiger partial charge is 0.491 e. The van der Waals surface area contributed by atoms with Crippen molar-refractivity contribution in [3.8, 4) is 5.75 Å². The average molecular weight is 481 g/mol. The average Bonchev–Trinajstić information content (AvgIpc) is 3.71. The third-order valence-corrected chi connectivity index (χ3v) is 6.93. The Morgan fingerprint density at radius 2 is 1.91 bits per heavy atom. The van der Waals surface area contributed by atoms with Crippen molar-refractivity contribution in [1.82, 2.24) is 14.8 Å². The zero-order valence-corrected chi connectivity index (χ0v) is 21.1. The van der Waals surface area contributed by atoms with E-state index in [-0.39, 0.29) is 35.8 Å². The summed E-state index contributed by atoms with van der Waals surface area (Å²) in [4.78, 5) is 33.8. The number of likely N-dealkylation sites (N-methyl/N-ethyl adjacent to an activating group) is 1. The molecular weight excluding hydrogens is 444 g/mol. The van der Waals surface area contributed by atoms with Gasteiger partial charge in [0, 0.05) is 69.9 Å². The van der Waals surface area contributed by atoms with Crippen LogP contribution in [0.2, 0.25) is 0 Å². The number of ether oxygens (including phenoxy) is 2. The van der Waals surface area contributed by atoms with E-state index in [1.165, 1.54) is 5.56 Å². The Balaban J connectivity index is 1.62. The van der Waals surface area contributed by atoms with E-state index in [4.69, 9.17) is 9.47 Å². The van der Waals surface area contributed by atoms with Gasteiger partial charge in [-0.1, -0.05) is 6.92 Å². The van der Waals surface area contributed by atoms with Crippen molar-refractivity contribution in [2.75, 3.05) is 39.2 Å². The summed E-state index contributed by atoms with van der Waals surface area (Å²) in [6, 6.07) is 9.41. The number of rotatable bonds is 5. The first-order valence-corrected chi connectivity index (χ1v) is 12.3. The Labute approximate surface area is 207 Å². The quantitative estimate of drug-likeness (QED) is 0.706. The molecule has 0 bridgehead atoms. The SMILES string of the molecule is CO[C@@H]1CN(C)C(=O)c2ccc(NC(=O)C3CC3)cc2OC[C@H](C)N(Cc2ccncc2)C[C@H]1C. The highest BCUT2D eigenvalue weighted by Gasteiger charge is 2.31. The van der Waals surface area contributed by atoms with Crippen molar-refractivity contribution in [1.29, 1.82) is 0 Å². The fourth-order valence-corrected chi connectivity index (χ4v) is 4.46. The van der Waals surface area contributed by atoms with Crippen LogP contribution in [0.1, 0.15) is 42.6 Å². The van der Waals surface area contributed by atoms with Crippen LogP contribution in [-0.4, -0.2) is 72.6 Å². The van der Waals surface area contributed by atoms with E-state index in [1.54, 1.807) is 37.3 Å². The van der Waals surface area contributed by atoms with E-state index in [0.717, 1.165) is 25.9 Å². The molecule has 1 aromatic heterocycles. The van der Waals surface area contributed by atoms with Crippen LogP contribution in [0.3, 0.4) is 0 Å². The number of amides is 2. The minimum absolute atomic E-state index is 0.0235. The van der Waals surface area contributed by atoms with Crippen LogP contribution >= 0.6 is 0 Å². The molecule has 4 rings (SSSR count). The molecule has 2 aromatic rings. The highest BCUT2D eigenvalue weighted by Crippen LogP contribution is 2.32. The first kappa shape index (κ1) is 25.1. The van der Waals surface area contributed by atoms with Gasteiger partial charge < -0.3 is 19.7 Å². The van der Waals surface area contributed by atoms with E-state index in [0.29, 0.717) is 30.2 Å². The molecule has 35 heavy (non-hydrogen) atoms. The van der Waals surface area contributed by atoms with Gasteiger partial charge in [-0.05, 0) is 55.5 Å². The Morgan fingerprint density at radius 1 is 1.17 bits per heavy atom. The van der Waals surface area contributed by atoms with E-state index >= 15 is 0 Å². The van der Waals surface area contributed by atoms with Crippen molar-refractivity contribution >= 4 is 17.5 Å². The number of fused-ring (bicyclic) bond motifs is 1. The minimum atomic E-state index is -0.129. The van der Waals surface area contributed by atoms with Crippen LogP contribution in [0.4, 0.5) is 5.69 Å². The summed E-state index contributed by atoms with van der Waals surface area (Å²) in [6.07, 6.45) is 5.36. The van der Waals surface area contributed by atoms with Gasteiger partial charge in [0.05, 0.1) is 11.7 Å². The molecule has 1 aliphatic carbocycles. The minimum Gasteiger partial charge on any atom is -0.491 e. The molecule has 1 aliphatic heterocycles. The fourth-order valence-electron chi connectivity index (χ4n) is 4.46. The lowest BCUT2D eigenvalue weighted by Gasteiger charge is -2.36. The van der Waals surface area contributed by atoms with Gasteiger partial charge in [-0.15, -0.1) is 0 Å². The van der Waals surface area contributed by atoms with Crippen LogP contribution in [0.5, 0.6) is 5.75 Å². The molecule has 2 aliphatic rings. The van der Waals surface area contributed by atoms with Crippen LogP contribution < -0.4 is 10.1 Å². The van der Waals surface area contributed by atoms with Crippen molar-refractivity contribution in [3.05, 3.63) is 53.9 Å². The maximum atomic E-state index is 13.3. The number of hydrogen-bond acceptors (Lipinski definition) is 6. The third-order valence-electron chi connectivity index (χ3n) is 6.93. The van der Waals surface area contributed by atoms with Gasteiger partial charge >= 0.3 is 0 Å². The zero-order chi connectivity index (χ0) is 24.9. The second kappa shape index (κ2) is 11.2. The lowest BCUT2D eigenvalue weighted by Crippen LogP contribution is -2.46. The number of methoxy groups -OCH3 is 1. The molecule has 0 radical (unpaired) electrons. The fraction of sp³-hybridized carbons (Fsp3) is 0.519. The van der Waals surface area contributed by atoms with Crippen LogP contribution in [0.15, 0.2) is 42.7 Å². The van der Waals surface area contributed by atoms with E-state index in [1.807, 2.05) is 24.5 Å². The van der Waals surface area contributed by atoms with Crippen molar-refractivity contribution in [2.24, 2.45) is 11.8 Å². The maximum Gasteiger partial charge on any atom is 0.257 e. The number of pyridine rings is 1. The predicted molar refractivity (Wildman–Crippen MR) is 134 cm³/mol. The maximum absolute atomic E-state index is 13.3. The summed E-state index contributed by atoms with van der Waals surface area (Å²) in [5.41, 5.74) is 2.30. The highest BCUT2D eigenvalue weighted by atomic mass is 16.5. The molecule has 0 unspecified atom stereocenters. The van der Waals surface area contributed by atoms with Crippen molar-refractivity contribution < 1.29 is 19.1 Å². The first-order valence-electron chi connectivity index (χ1n) is 12.3. The van der Waals surface area contributed by atoms with Gasteiger partial charge in [-0.3, -0.25) is 19.5 Å². The standard InChI is InChI=1S/C27H36N4O4/c1-18-14-31(15-20-9-11-28-12-10-20)19(2)17-35-24-13-22(29-26(32)21-5-6-21)7-8-23(24)27(33)30(3)16-25(18)34-4/h7-13,18-19,21,25H,5-6,14-17H2,1-4H3,(H,29,32)/t18-,19+,25-/m1/s1. The summed E-state index contributed by atoms with van der Waals surface area (Å²) in [7, 11) is 3.49. The second-order valence-electron chi connectivity index (χ2n) is 9.86. The molecule has 0 spiro atoms. The lowest BCUT2D eigenvalue weighted by atomic mass is 10.0. The molecular formula is C27H36N4O4. The molecule has 1 fully saturated rings. The van der Waals surface area contributed by atoms with Crippen molar-refractivity contribution in [3.63, 3.8) is 0 Å². The predicted octanol–water partition coefficient (Wildman–Crippen LogP) is 3.44. The summed E-state index contributed by atoms with van der Waals surface area (Å²) >= 11 is 0. The lowest BCUT2D eigenvalue weighted by molar-refractivity contribution is -0.117. The molecule has 1 aromatic carbocycles. The number of hydrogen-bond donors (Lipinski definition) is 1. The summed E-state index contributed by atoms with van der Waals surface area (Å²) in [5.74, 6) is 0.665. The molecule has 8 nitrogen and oxygen atoms in total. The van der Waals surface area contributed by atoms with Crippen LogP contribution in [0, 0.1) is 11.8 Å². The summed E-state index contributed by atoms with van der Waals surface area (Å²) in [6.45, 7) is 6.71. The molecule has 3 atom stereocenters.